The Morgan fingerprint density at radius 1 is 0.872 bits per heavy atom. The minimum atomic E-state index is -1.05. The number of nitrogens with one attached hydrogen (secondary N) is 1. The number of carboxylic acids is 1. The van der Waals surface area contributed by atoms with Crippen LogP contribution < -0.4 is 16.6 Å². The Labute approximate surface area is 264 Å². The second kappa shape index (κ2) is 11.7. The molecule has 0 atom stereocenters. The first-order valence-corrected chi connectivity index (χ1v) is 14.9. The molecule has 1 saturated carbocycles. The highest BCUT2D eigenvalue weighted by molar-refractivity contribution is 5.93. The molecule has 7 rings (SSSR count). The van der Waals surface area contributed by atoms with E-state index in [1.165, 1.54) is 45.6 Å². The maximum Gasteiger partial charge on any atom is 0.337 e. The maximum atomic E-state index is 14.4. The molecule has 0 unspecified atom stereocenters. The zero-order valence-electron chi connectivity index (χ0n) is 24.6. The van der Waals surface area contributed by atoms with Crippen molar-refractivity contribution in [1.82, 2.24) is 28.8 Å². The summed E-state index contributed by atoms with van der Waals surface area (Å²) in [7, 11) is 0. The number of hydrogen-bond donors (Lipinski definition) is 2. The quantitative estimate of drug-likeness (QED) is 0.269. The zero-order valence-corrected chi connectivity index (χ0v) is 24.6. The molecule has 6 aromatic rings. The van der Waals surface area contributed by atoms with Gasteiger partial charge >= 0.3 is 11.7 Å². The summed E-state index contributed by atoms with van der Waals surface area (Å²) < 4.78 is 31.8. The molecular formula is C34H26F2N6O5. The molecule has 0 radical (unpaired) electrons. The van der Waals surface area contributed by atoms with Gasteiger partial charge in [0.15, 0.2) is 5.65 Å². The number of imidazole rings is 1. The number of carboxylic acid groups (broad SMARTS) is 1. The standard InChI is InChI=1S/C34H26F2N6O5/c35-22-8-13-29-39-28(18-40(29)17-22)31(43)38-24-9-11-25(12-10-24)42-32(44)27-15-23(36)16-37-30(27)41(34(42)47)26-3-1-2-21(14-26)19-4-6-20(7-5-19)33(45)46/h1-8,13-18,24-25H,9-12H2,(H,38,43)(H,45,46). The Morgan fingerprint density at radius 2 is 1.64 bits per heavy atom. The number of carbonyl (C=O) groups is 2. The molecule has 0 bridgehead atoms. The van der Waals surface area contributed by atoms with Crippen LogP contribution in [0, 0.1) is 11.6 Å². The number of benzene rings is 2. The van der Waals surface area contributed by atoms with Crippen molar-refractivity contribution in [3.8, 4) is 16.8 Å². The lowest BCUT2D eigenvalue weighted by molar-refractivity contribution is 0.0696. The largest absolute Gasteiger partial charge is 0.478 e. The van der Waals surface area contributed by atoms with Crippen LogP contribution in [0.25, 0.3) is 33.5 Å². The number of aromatic carboxylic acids is 1. The number of pyridine rings is 2. The summed E-state index contributed by atoms with van der Waals surface area (Å²) in [5.74, 6) is -2.65. The fourth-order valence-corrected chi connectivity index (χ4v) is 6.18. The van der Waals surface area contributed by atoms with E-state index in [1.807, 2.05) is 0 Å². The van der Waals surface area contributed by atoms with Crippen LogP contribution >= 0.6 is 0 Å². The first-order valence-electron chi connectivity index (χ1n) is 14.9. The second-order valence-corrected chi connectivity index (χ2v) is 11.5. The predicted molar refractivity (Wildman–Crippen MR) is 168 cm³/mol. The summed E-state index contributed by atoms with van der Waals surface area (Å²) in [5, 5.41) is 12.1. The summed E-state index contributed by atoms with van der Waals surface area (Å²) in [4.78, 5) is 60.4. The van der Waals surface area contributed by atoms with Crippen molar-refractivity contribution in [3.63, 3.8) is 0 Å². The normalized spacial score (nSPS) is 16.4. The molecule has 0 saturated heterocycles. The molecule has 236 valence electrons. The molecule has 1 fully saturated rings. The van der Waals surface area contributed by atoms with E-state index in [-0.39, 0.29) is 28.3 Å². The fourth-order valence-electron chi connectivity index (χ4n) is 6.18. The van der Waals surface area contributed by atoms with Gasteiger partial charge in [-0.25, -0.2) is 32.9 Å². The van der Waals surface area contributed by atoms with E-state index in [1.54, 1.807) is 36.4 Å². The van der Waals surface area contributed by atoms with Crippen molar-refractivity contribution in [2.24, 2.45) is 0 Å². The van der Waals surface area contributed by atoms with Crippen LogP contribution in [0.5, 0.6) is 0 Å². The minimum Gasteiger partial charge on any atom is -0.478 e. The number of rotatable bonds is 6. The van der Waals surface area contributed by atoms with Crippen LogP contribution in [0.3, 0.4) is 0 Å². The Hall–Kier alpha value is -5.98. The predicted octanol–water partition coefficient (Wildman–Crippen LogP) is 4.75. The number of fused-ring (bicyclic) bond motifs is 2. The molecule has 1 aliphatic carbocycles. The second-order valence-electron chi connectivity index (χ2n) is 11.5. The Kier molecular flexibility index (Phi) is 7.43. The van der Waals surface area contributed by atoms with Gasteiger partial charge in [-0.2, -0.15) is 0 Å². The Morgan fingerprint density at radius 3 is 2.38 bits per heavy atom. The highest BCUT2D eigenvalue weighted by atomic mass is 19.1. The van der Waals surface area contributed by atoms with Gasteiger partial charge < -0.3 is 14.8 Å². The van der Waals surface area contributed by atoms with E-state index >= 15 is 0 Å². The minimum absolute atomic E-state index is 0.00399. The average molecular weight is 637 g/mol. The van der Waals surface area contributed by atoms with Crippen molar-refractivity contribution < 1.29 is 23.5 Å². The van der Waals surface area contributed by atoms with Crippen molar-refractivity contribution >= 4 is 28.6 Å². The van der Waals surface area contributed by atoms with Gasteiger partial charge in [-0.1, -0.05) is 24.3 Å². The monoisotopic (exact) mass is 636 g/mol. The smallest absolute Gasteiger partial charge is 0.337 e. The molecule has 2 N–H and O–H groups in total. The van der Waals surface area contributed by atoms with Crippen molar-refractivity contribution in [2.75, 3.05) is 0 Å². The fraction of sp³-hybridized carbons (Fsp3) is 0.176. The van der Waals surface area contributed by atoms with Gasteiger partial charge in [0.05, 0.1) is 22.8 Å². The molecule has 4 aromatic heterocycles. The van der Waals surface area contributed by atoms with Gasteiger partial charge in [0.25, 0.3) is 11.5 Å². The van der Waals surface area contributed by atoms with Gasteiger partial charge in [-0.3, -0.25) is 14.2 Å². The summed E-state index contributed by atoms with van der Waals surface area (Å²) in [5.41, 5.74) is 1.20. The number of amides is 1. The Bertz CT molecular complexity index is 2320. The van der Waals surface area contributed by atoms with Crippen LogP contribution in [0.2, 0.25) is 0 Å². The third kappa shape index (κ3) is 5.56. The average Bonchev–Trinajstić information content (AvgIpc) is 3.50. The molecule has 4 heterocycles. The van der Waals surface area contributed by atoms with E-state index in [9.17, 15) is 33.1 Å². The molecular weight excluding hydrogens is 610 g/mol. The van der Waals surface area contributed by atoms with E-state index < -0.39 is 40.8 Å². The lowest BCUT2D eigenvalue weighted by Crippen LogP contribution is -2.45. The summed E-state index contributed by atoms with van der Waals surface area (Å²) >= 11 is 0. The molecule has 13 heteroatoms. The Balaban J connectivity index is 1.19. The SMILES string of the molecule is O=C(O)c1ccc(-c2cccc(-n3c(=O)n(C4CCC(NC(=O)c5cn6cc(F)ccc6n5)CC4)c(=O)c4cc(F)cnc43)c2)cc1. The molecule has 11 nitrogen and oxygen atoms in total. The van der Waals surface area contributed by atoms with Gasteiger partial charge in [0, 0.05) is 24.5 Å². The number of halogens is 2. The van der Waals surface area contributed by atoms with Crippen LogP contribution in [0.4, 0.5) is 8.78 Å². The molecule has 0 aliphatic heterocycles. The van der Waals surface area contributed by atoms with Crippen molar-refractivity contribution in [3.05, 3.63) is 129 Å². The topological polar surface area (TPSA) is 141 Å². The van der Waals surface area contributed by atoms with Crippen LogP contribution in [0.1, 0.15) is 52.6 Å². The third-order valence-corrected chi connectivity index (χ3v) is 8.51. The summed E-state index contributed by atoms with van der Waals surface area (Å²) in [6.07, 6.45) is 5.33. The molecule has 47 heavy (non-hydrogen) atoms. The highest BCUT2D eigenvalue weighted by Gasteiger charge is 2.28. The van der Waals surface area contributed by atoms with Gasteiger partial charge in [-0.05, 0) is 79.3 Å². The van der Waals surface area contributed by atoms with Crippen molar-refractivity contribution in [2.45, 2.75) is 37.8 Å². The van der Waals surface area contributed by atoms with Gasteiger partial charge in [0.1, 0.15) is 23.0 Å². The summed E-state index contributed by atoms with van der Waals surface area (Å²) in [6, 6.07) is 16.2. The van der Waals surface area contributed by atoms with Crippen molar-refractivity contribution in [1.29, 1.82) is 0 Å². The maximum absolute atomic E-state index is 14.4. The van der Waals surface area contributed by atoms with E-state index in [2.05, 4.69) is 15.3 Å². The zero-order chi connectivity index (χ0) is 32.8. The lowest BCUT2D eigenvalue weighted by atomic mass is 9.90. The van der Waals surface area contributed by atoms with Crippen LogP contribution in [-0.2, 0) is 0 Å². The van der Waals surface area contributed by atoms with Gasteiger partial charge in [0.2, 0.25) is 0 Å². The number of hydrogen-bond acceptors (Lipinski definition) is 6. The van der Waals surface area contributed by atoms with Crippen LogP contribution in [0.15, 0.2) is 94.9 Å². The molecule has 2 aromatic carbocycles. The van der Waals surface area contributed by atoms with E-state index in [0.29, 0.717) is 48.1 Å². The first-order chi connectivity index (χ1) is 22.7. The molecule has 1 amide bonds. The van der Waals surface area contributed by atoms with E-state index in [4.69, 9.17) is 0 Å². The molecule has 0 spiro atoms. The first kappa shape index (κ1) is 29.7. The number of aromatic nitrogens is 5. The lowest BCUT2D eigenvalue weighted by Gasteiger charge is -2.30. The summed E-state index contributed by atoms with van der Waals surface area (Å²) in [6.45, 7) is 0. The molecule has 1 aliphatic rings. The number of nitrogens with zero attached hydrogens (tertiary/aromatic N) is 5. The van der Waals surface area contributed by atoms with Gasteiger partial charge in [-0.15, -0.1) is 0 Å². The van der Waals surface area contributed by atoms with E-state index in [0.717, 1.165) is 16.8 Å². The number of carbonyl (C=O) groups excluding carboxylic acids is 1. The highest BCUT2D eigenvalue weighted by Crippen LogP contribution is 2.28. The van der Waals surface area contributed by atoms with Crippen LogP contribution in [-0.4, -0.2) is 46.5 Å². The third-order valence-electron chi connectivity index (χ3n) is 8.51.